The van der Waals surface area contributed by atoms with Gasteiger partial charge in [-0.25, -0.2) is 0 Å². The summed E-state index contributed by atoms with van der Waals surface area (Å²) in [4.78, 5) is 29.9. The second kappa shape index (κ2) is 7.49. The minimum atomic E-state index is -0.110. The molecule has 2 amide bonds. The lowest BCUT2D eigenvalue weighted by atomic mass is 9.99. The van der Waals surface area contributed by atoms with Gasteiger partial charge in [-0.15, -0.1) is 0 Å². The lowest BCUT2D eigenvalue weighted by Gasteiger charge is -2.32. The van der Waals surface area contributed by atoms with E-state index < -0.39 is 0 Å². The van der Waals surface area contributed by atoms with Crippen molar-refractivity contribution in [2.75, 3.05) is 43.5 Å². The Bertz CT molecular complexity index is 546. The first-order chi connectivity index (χ1) is 10.9. The maximum atomic E-state index is 12.5. The summed E-state index contributed by atoms with van der Waals surface area (Å²) in [6.45, 7) is 5.43. The van der Waals surface area contributed by atoms with E-state index in [0.29, 0.717) is 5.92 Å². The molecule has 23 heavy (non-hydrogen) atoms. The van der Waals surface area contributed by atoms with Gasteiger partial charge in [0, 0.05) is 45.5 Å². The third kappa shape index (κ3) is 4.47. The second-order valence-electron chi connectivity index (χ2n) is 6.58. The summed E-state index contributed by atoms with van der Waals surface area (Å²) in [6.07, 6.45) is 2.09. The first-order valence-corrected chi connectivity index (χ1v) is 8.21. The van der Waals surface area contributed by atoms with Crippen LogP contribution >= 0.6 is 0 Å². The molecule has 0 saturated carbocycles. The van der Waals surface area contributed by atoms with E-state index in [0.717, 1.165) is 37.3 Å². The number of anilines is 2. The van der Waals surface area contributed by atoms with Crippen molar-refractivity contribution < 1.29 is 9.59 Å². The molecule has 0 radical (unpaired) electrons. The third-order valence-electron chi connectivity index (χ3n) is 4.49. The lowest BCUT2D eigenvalue weighted by molar-refractivity contribution is -0.132. The lowest BCUT2D eigenvalue weighted by Crippen LogP contribution is -2.45. The van der Waals surface area contributed by atoms with Gasteiger partial charge < -0.3 is 14.7 Å². The van der Waals surface area contributed by atoms with E-state index in [9.17, 15) is 9.59 Å². The van der Waals surface area contributed by atoms with Crippen LogP contribution in [0.1, 0.15) is 26.7 Å². The standard InChI is InChI=1S/C18H27N3O2/c1-14-9-11-20(12-10-14)18(23)13-21(15(2)22)17-7-5-16(6-8-17)19(3)4/h5-8,14H,9-13H2,1-4H3. The van der Waals surface area contributed by atoms with Gasteiger partial charge in [0.1, 0.15) is 6.54 Å². The quantitative estimate of drug-likeness (QED) is 0.856. The number of amides is 2. The first-order valence-electron chi connectivity index (χ1n) is 8.21. The summed E-state index contributed by atoms with van der Waals surface area (Å²) in [5.41, 5.74) is 1.83. The van der Waals surface area contributed by atoms with Crippen molar-refractivity contribution >= 4 is 23.2 Å². The maximum Gasteiger partial charge on any atom is 0.242 e. The number of piperidine rings is 1. The van der Waals surface area contributed by atoms with Crippen molar-refractivity contribution in [3.05, 3.63) is 24.3 Å². The Hall–Kier alpha value is -2.04. The number of benzene rings is 1. The van der Waals surface area contributed by atoms with E-state index in [1.807, 2.05) is 48.2 Å². The molecule has 5 nitrogen and oxygen atoms in total. The zero-order chi connectivity index (χ0) is 17.0. The highest BCUT2D eigenvalue weighted by Crippen LogP contribution is 2.21. The summed E-state index contributed by atoms with van der Waals surface area (Å²) in [5, 5.41) is 0. The Kier molecular flexibility index (Phi) is 5.64. The van der Waals surface area contributed by atoms with E-state index in [4.69, 9.17) is 0 Å². The minimum absolute atomic E-state index is 0.0313. The van der Waals surface area contributed by atoms with E-state index in [-0.39, 0.29) is 18.4 Å². The largest absolute Gasteiger partial charge is 0.378 e. The molecule has 0 aliphatic carbocycles. The average Bonchev–Trinajstić information content (AvgIpc) is 2.53. The smallest absolute Gasteiger partial charge is 0.242 e. The van der Waals surface area contributed by atoms with Crippen LogP contribution in [0.25, 0.3) is 0 Å². The molecule has 1 aromatic carbocycles. The van der Waals surface area contributed by atoms with Crippen molar-refractivity contribution in [2.45, 2.75) is 26.7 Å². The minimum Gasteiger partial charge on any atom is -0.378 e. The second-order valence-corrected chi connectivity index (χ2v) is 6.58. The molecular formula is C18H27N3O2. The average molecular weight is 317 g/mol. The number of nitrogens with zero attached hydrogens (tertiary/aromatic N) is 3. The van der Waals surface area contributed by atoms with Crippen molar-refractivity contribution in [2.24, 2.45) is 5.92 Å². The molecule has 0 unspecified atom stereocenters. The molecule has 1 fully saturated rings. The van der Waals surface area contributed by atoms with Crippen molar-refractivity contribution in [3.63, 3.8) is 0 Å². The number of carbonyl (C=O) groups excluding carboxylic acids is 2. The Labute approximate surface area is 138 Å². The molecule has 0 atom stereocenters. The first kappa shape index (κ1) is 17.3. The number of hydrogen-bond donors (Lipinski definition) is 0. The summed E-state index contributed by atoms with van der Waals surface area (Å²) in [7, 11) is 3.94. The molecule has 0 aromatic heterocycles. The van der Waals surface area contributed by atoms with Gasteiger partial charge in [-0.3, -0.25) is 9.59 Å². The Morgan fingerprint density at radius 1 is 1.09 bits per heavy atom. The predicted molar refractivity (Wildman–Crippen MR) is 93.8 cm³/mol. The molecule has 1 saturated heterocycles. The zero-order valence-electron chi connectivity index (χ0n) is 14.6. The van der Waals surface area contributed by atoms with E-state index in [2.05, 4.69) is 6.92 Å². The highest BCUT2D eigenvalue weighted by Gasteiger charge is 2.23. The summed E-state index contributed by atoms with van der Waals surface area (Å²) < 4.78 is 0. The fraction of sp³-hybridized carbons (Fsp3) is 0.556. The van der Waals surface area contributed by atoms with Gasteiger partial charge in [-0.2, -0.15) is 0 Å². The van der Waals surface area contributed by atoms with Crippen LogP contribution in [-0.2, 0) is 9.59 Å². The molecule has 1 aliphatic rings. The van der Waals surface area contributed by atoms with Crippen LogP contribution in [0.2, 0.25) is 0 Å². The predicted octanol–water partition coefficient (Wildman–Crippen LogP) is 2.36. The molecule has 1 heterocycles. The number of likely N-dealkylation sites (tertiary alicyclic amines) is 1. The third-order valence-corrected chi connectivity index (χ3v) is 4.49. The van der Waals surface area contributed by atoms with Crippen LogP contribution in [-0.4, -0.2) is 50.4 Å². The molecule has 0 bridgehead atoms. The summed E-state index contributed by atoms with van der Waals surface area (Å²) >= 11 is 0. The van der Waals surface area contributed by atoms with Crippen LogP contribution in [0.15, 0.2) is 24.3 Å². The fourth-order valence-corrected chi connectivity index (χ4v) is 2.81. The van der Waals surface area contributed by atoms with Gasteiger partial charge in [0.25, 0.3) is 0 Å². The maximum absolute atomic E-state index is 12.5. The van der Waals surface area contributed by atoms with Gasteiger partial charge in [0.2, 0.25) is 11.8 Å². The van der Waals surface area contributed by atoms with Crippen LogP contribution in [0.4, 0.5) is 11.4 Å². The number of rotatable bonds is 4. The van der Waals surface area contributed by atoms with E-state index in [1.165, 1.54) is 6.92 Å². The van der Waals surface area contributed by atoms with Gasteiger partial charge in [0.15, 0.2) is 0 Å². The van der Waals surface area contributed by atoms with Gasteiger partial charge in [-0.1, -0.05) is 6.92 Å². The molecular weight excluding hydrogens is 290 g/mol. The molecule has 5 heteroatoms. The topological polar surface area (TPSA) is 43.9 Å². The van der Waals surface area contributed by atoms with Crippen LogP contribution in [0.5, 0.6) is 0 Å². The van der Waals surface area contributed by atoms with Gasteiger partial charge in [-0.05, 0) is 43.0 Å². The Morgan fingerprint density at radius 2 is 1.61 bits per heavy atom. The molecule has 1 aromatic rings. The van der Waals surface area contributed by atoms with Crippen molar-refractivity contribution in [1.82, 2.24) is 4.90 Å². The zero-order valence-corrected chi connectivity index (χ0v) is 14.6. The molecule has 1 aliphatic heterocycles. The molecule has 0 spiro atoms. The fourth-order valence-electron chi connectivity index (χ4n) is 2.81. The number of hydrogen-bond acceptors (Lipinski definition) is 3. The summed E-state index contributed by atoms with van der Waals surface area (Å²) in [5.74, 6) is 0.603. The van der Waals surface area contributed by atoms with Crippen molar-refractivity contribution in [3.8, 4) is 0 Å². The highest BCUT2D eigenvalue weighted by atomic mass is 16.2. The van der Waals surface area contributed by atoms with E-state index in [1.54, 1.807) is 4.90 Å². The highest BCUT2D eigenvalue weighted by molar-refractivity contribution is 5.97. The van der Waals surface area contributed by atoms with Crippen LogP contribution < -0.4 is 9.80 Å². The van der Waals surface area contributed by atoms with E-state index >= 15 is 0 Å². The molecule has 2 rings (SSSR count). The van der Waals surface area contributed by atoms with Gasteiger partial charge >= 0.3 is 0 Å². The van der Waals surface area contributed by atoms with Gasteiger partial charge in [0.05, 0.1) is 0 Å². The van der Waals surface area contributed by atoms with Crippen LogP contribution in [0, 0.1) is 5.92 Å². The number of carbonyl (C=O) groups is 2. The summed E-state index contributed by atoms with van der Waals surface area (Å²) in [6, 6.07) is 7.70. The Balaban J connectivity index is 2.06. The monoisotopic (exact) mass is 317 g/mol. The van der Waals surface area contributed by atoms with Crippen molar-refractivity contribution in [1.29, 1.82) is 0 Å². The SMILES string of the molecule is CC(=O)N(CC(=O)N1CCC(C)CC1)c1ccc(N(C)C)cc1. The molecule has 0 N–H and O–H groups in total. The molecule has 126 valence electrons. The normalized spacial score (nSPS) is 15.4. The Morgan fingerprint density at radius 3 is 2.09 bits per heavy atom. The van der Waals surface area contributed by atoms with Crippen LogP contribution in [0.3, 0.4) is 0 Å².